The molecule has 5 nitrogen and oxygen atoms in total. The molecule has 0 spiro atoms. The van der Waals surface area contributed by atoms with Gasteiger partial charge in [-0.05, 0) is 33.3 Å². The molecule has 0 aliphatic carbocycles. The van der Waals surface area contributed by atoms with Crippen molar-refractivity contribution in [3.8, 4) is 0 Å². The van der Waals surface area contributed by atoms with E-state index in [2.05, 4.69) is 11.6 Å². The van der Waals surface area contributed by atoms with Crippen molar-refractivity contribution in [2.24, 2.45) is 4.99 Å². The van der Waals surface area contributed by atoms with Crippen molar-refractivity contribution in [2.75, 3.05) is 6.54 Å². The summed E-state index contributed by atoms with van der Waals surface area (Å²) >= 11 is 0. The maximum Gasteiger partial charge on any atom is 0.411 e. The molecule has 0 aromatic rings. The van der Waals surface area contributed by atoms with E-state index in [9.17, 15) is 14.0 Å². The zero-order valence-corrected chi connectivity index (χ0v) is 12.9. The van der Waals surface area contributed by atoms with E-state index in [1.807, 2.05) is 0 Å². The van der Waals surface area contributed by atoms with E-state index in [-0.39, 0.29) is 18.7 Å². The van der Waals surface area contributed by atoms with Gasteiger partial charge in [-0.1, -0.05) is 6.58 Å². The molecule has 0 saturated carbocycles. The van der Waals surface area contributed by atoms with E-state index >= 15 is 0 Å². The highest BCUT2D eigenvalue weighted by molar-refractivity contribution is 5.92. The van der Waals surface area contributed by atoms with Crippen LogP contribution in [0.3, 0.4) is 0 Å². The van der Waals surface area contributed by atoms with Crippen LogP contribution in [0, 0.1) is 0 Å². The van der Waals surface area contributed by atoms with Gasteiger partial charge in [0.15, 0.2) is 5.78 Å². The Labute approximate surface area is 124 Å². The molecule has 0 N–H and O–H groups in total. The number of ether oxygens (including phenoxy) is 1. The summed E-state index contributed by atoms with van der Waals surface area (Å²) < 4.78 is 17.8. The third-order valence-electron chi connectivity index (χ3n) is 2.69. The molecule has 1 fully saturated rings. The Bertz CT molecular complexity index is 500. The molecule has 0 unspecified atom stereocenters. The summed E-state index contributed by atoms with van der Waals surface area (Å²) in [6.07, 6.45) is 2.00. The lowest BCUT2D eigenvalue weighted by Crippen LogP contribution is -2.40. The van der Waals surface area contributed by atoms with E-state index in [4.69, 9.17) is 4.74 Å². The number of carbonyl (C=O) groups is 2. The first-order chi connectivity index (χ1) is 9.60. The van der Waals surface area contributed by atoms with Crippen LogP contribution in [0.2, 0.25) is 0 Å². The Balaban J connectivity index is 2.82. The van der Waals surface area contributed by atoms with Crippen molar-refractivity contribution in [1.82, 2.24) is 4.90 Å². The molecule has 0 aromatic heterocycles. The number of hydrogen-bond donors (Lipinski definition) is 0. The number of ketones is 1. The minimum atomic E-state index is -0.642. The van der Waals surface area contributed by atoms with Crippen molar-refractivity contribution >= 4 is 18.1 Å². The van der Waals surface area contributed by atoms with Crippen molar-refractivity contribution in [3.05, 3.63) is 24.2 Å². The van der Waals surface area contributed by atoms with E-state index in [0.29, 0.717) is 5.57 Å². The lowest BCUT2D eigenvalue weighted by Gasteiger charge is -2.28. The number of amides is 1. The Morgan fingerprint density at radius 3 is 2.67 bits per heavy atom. The molecule has 0 aromatic carbocycles. The number of likely N-dealkylation sites (tertiary alicyclic amines) is 1. The molecular weight excluding hydrogens is 275 g/mol. The van der Waals surface area contributed by atoms with Gasteiger partial charge in [0.2, 0.25) is 0 Å². The van der Waals surface area contributed by atoms with Gasteiger partial charge in [0, 0.05) is 12.6 Å². The summed E-state index contributed by atoms with van der Waals surface area (Å²) in [5, 5.41) is 0. The molecular formula is C15H21FN2O3. The maximum absolute atomic E-state index is 12.6. The smallest absolute Gasteiger partial charge is 0.411 e. The standard InChI is InChI=1S/C15H21FN2O3/c1-10(7-17-8-11(2)16)13-6-12(19)9-18(13)14(20)21-15(3,4)5/h7-8,13H,1,6,9H2,2-5H3/b11-8+,17-7?/t13-/m1/s1. The molecule has 6 heteroatoms. The Kier molecular flexibility index (Phi) is 5.41. The maximum atomic E-state index is 12.6. The first-order valence-electron chi connectivity index (χ1n) is 6.65. The topological polar surface area (TPSA) is 59.0 Å². The van der Waals surface area contributed by atoms with E-state index in [1.54, 1.807) is 20.8 Å². The third-order valence-corrected chi connectivity index (χ3v) is 2.69. The van der Waals surface area contributed by atoms with Gasteiger partial charge >= 0.3 is 6.09 Å². The number of carbonyl (C=O) groups excluding carboxylic acids is 2. The normalized spacial score (nSPS) is 20.2. The molecule has 0 bridgehead atoms. The highest BCUT2D eigenvalue weighted by Crippen LogP contribution is 2.22. The summed E-state index contributed by atoms with van der Waals surface area (Å²) in [5.74, 6) is -0.511. The van der Waals surface area contributed by atoms with Crippen molar-refractivity contribution in [1.29, 1.82) is 0 Å². The second kappa shape index (κ2) is 6.65. The van der Waals surface area contributed by atoms with Crippen molar-refractivity contribution < 1.29 is 18.7 Å². The first kappa shape index (κ1) is 17.1. The van der Waals surface area contributed by atoms with E-state index in [1.165, 1.54) is 18.0 Å². The first-order valence-corrected chi connectivity index (χ1v) is 6.65. The van der Waals surface area contributed by atoms with Crippen LogP contribution >= 0.6 is 0 Å². The zero-order valence-electron chi connectivity index (χ0n) is 12.9. The monoisotopic (exact) mass is 296 g/mol. The average molecular weight is 296 g/mol. The summed E-state index contributed by atoms with van der Waals surface area (Å²) in [5.41, 5.74) is -0.180. The Morgan fingerprint density at radius 2 is 2.14 bits per heavy atom. The van der Waals surface area contributed by atoms with Crippen LogP contribution in [0.1, 0.15) is 34.1 Å². The van der Waals surface area contributed by atoms with Crippen LogP contribution in [-0.4, -0.2) is 41.2 Å². The molecule has 1 amide bonds. The number of hydrogen-bond acceptors (Lipinski definition) is 4. The predicted octanol–water partition coefficient (Wildman–Crippen LogP) is 3.02. The average Bonchev–Trinajstić information content (AvgIpc) is 2.68. The summed E-state index contributed by atoms with van der Waals surface area (Å²) in [4.78, 5) is 28.8. The van der Waals surface area contributed by atoms with Crippen LogP contribution < -0.4 is 0 Å². The van der Waals surface area contributed by atoms with Gasteiger partial charge in [0.1, 0.15) is 11.4 Å². The molecule has 0 radical (unpaired) electrons. The van der Waals surface area contributed by atoms with Gasteiger partial charge in [-0.2, -0.15) is 0 Å². The fourth-order valence-corrected chi connectivity index (χ4v) is 1.86. The molecule has 1 saturated heterocycles. The molecule has 1 rings (SSSR count). The highest BCUT2D eigenvalue weighted by atomic mass is 19.1. The van der Waals surface area contributed by atoms with Gasteiger partial charge in [-0.25, -0.2) is 9.18 Å². The second-order valence-electron chi connectivity index (χ2n) is 5.94. The van der Waals surface area contributed by atoms with Crippen molar-refractivity contribution in [3.63, 3.8) is 0 Å². The number of Topliss-reactive ketones (excluding diaryl/α,β-unsaturated/α-hetero) is 1. The molecule has 116 valence electrons. The minimum Gasteiger partial charge on any atom is -0.444 e. The molecule has 1 aliphatic heterocycles. The number of aliphatic imine (C=N–C) groups is 1. The van der Waals surface area contributed by atoms with E-state index in [0.717, 1.165) is 6.20 Å². The second-order valence-corrected chi connectivity index (χ2v) is 5.94. The molecule has 1 atom stereocenters. The summed E-state index contributed by atoms with van der Waals surface area (Å²) in [7, 11) is 0. The highest BCUT2D eigenvalue weighted by Gasteiger charge is 2.37. The predicted molar refractivity (Wildman–Crippen MR) is 78.8 cm³/mol. The lowest BCUT2D eigenvalue weighted by molar-refractivity contribution is -0.117. The third kappa shape index (κ3) is 5.49. The van der Waals surface area contributed by atoms with Crippen LogP contribution in [0.15, 0.2) is 29.2 Å². The minimum absolute atomic E-state index is 0.00951. The fraction of sp³-hybridized carbons (Fsp3) is 0.533. The van der Waals surface area contributed by atoms with Crippen LogP contribution in [0.4, 0.5) is 9.18 Å². The van der Waals surface area contributed by atoms with Gasteiger partial charge in [0.25, 0.3) is 0 Å². The fourth-order valence-electron chi connectivity index (χ4n) is 1.86. The van der Waals surface area contributed by atoms with Crippen LogP contribution in [0.5, 0.6) is 0 Å². The molecule has 21 heavy (non-hydrogen) atoms. The summed E-state index contributed by atoms with van der Waals surface area (Å²) in [6, 6.07) is -0.496. The SMILES string of the molecule is C=C(C=N/C=C(\C)F)[C@H]1CC(=O)CN1C(=O)OC(C)(C)C. The number of rotatable bonds is 3. The zero-order chi connectivity index (χ0) is 16.2. The van der Waals surface area contributed by atoms with Crippen LogP contribution in [0.25, 0.3) is 0 Å². The Hall–Kier alpha value is -1.98. The van der Waals surface area contributed by atoms with Gasteiger partial charge in [-0.3, -0.25) is 14.7 Å². The number of allylic oxidation sites excluding steroid dienone is 1. The quantitative estimate of drug-likeness (QED) is 0.752. The largest absolute Gasteiger partial charge is 0.444 e. The van der Waals surface area contributed by atoms with Gasteiger partial charge in [0.05, 0.1) is 18.8 Å². The number of halogens is 1. The summed E-state index contributed by atoms with van der Waals surface area (Å²) in [6.45, 7) is 10.3. The molecule has 1 heterocycles. The number of nitrogens with zero attached hydrogens (tertiary/aromatic N) is 2. The van der Waals surface area contributed by atoms with E-state index < -0.39 is 23.6 Å². The van der Waals surface area contributed by atoms with Gasteiger partial charge < -0.3 is 4.74 Å². The van der Waals surface area contributed by atoms with Crippen molar-refractivity contribution in [2.45, 2.75) is 45.8 Å². The molecule has 1 aliphatic rings. The lowest BCUT2D eigenvalue weighted by atomic mass is 10.1. The van der Waals surface area contributed by atoms with Crippen LogP contribution in [-0.2, 0) is 9.53 Å². The van der Waals surface area contributed by atoms with Gasteiger partial charge in [-0.15, -0.1) is 0 Å². The Morgan fingerprint density at radius 1 is 1.52 bits per heavy atom.